The van der Waals surface area contributed by atoms with Crippen LogP contribution in [0.3, 0.4) is 0 Å². The number of amides is 1. The molecule has 3 N–H and O–H groups in total. The van der Waals surface area contributed by atoms with Gasteiger partial charge >= 0.3 is 12.1 Å². The minimum Gasteiger partial charge on any atom is -0.475 e. The number of fused-ring (bicyclic) bond motifs is 1. The van der Waals surface area contributed by atoms with E-state index in [4.69, 9.17) is 21.5 Å². The van der Waals surface area contributed by atoms with Gasteiger partial charge in [-0.25, -0.2) is 4.79 Å². The molecule has 4 rings (SSSR count). The van der Waals surface area contributed by atoms with Crippen molar-refractivity contribution < 1.29 is 27.9 Å². The van der Waals surface area contributed by atoms with Gasteiger partial charge in [0.15, 0.2) is 0 Å². The number of alkyl halides is 3. The van der Waals surface area contributed by atoms with Gasteiger partial charge in [0.05, 0.1) is 11.3 Å². The van der Waals surface area contributed by atoms with Gasteiger partial charge in [0.2, 0.25) is 0 Å². The lowest BCUT2D eigenvalue weighted by Crippen LogP contribution is -2.31. The van der Waals surface area contributed by atoms with Crippen LogP contribution in [0.5, 0.6) is 0 Å². The molecule has 0 saturated carbocycles. The van der Waals surface area contributed by atoms with Crippen LogP contribution in [0, 0.1) is 0 Å². The van der Waals surface area contributed by atoms with E-state index >= 15 is 0 Å². The van der Waals surface area contributed by atoms with Crippen molar-refractivity contribution in [3.05, 3.63) is 64.9 Å². The molecule has 0 unspecified atom stereocenters. The molecule has 1 aliphatic heterocycles. The average molecular weight is 438 g/mol. The van der Waals surface area contributed by atoms with Crippen molar-refractivity contribution in [2.45, 2.75) is 12.6 Å². The van der Waals surface area contributed by atoms with Crippen LogP contribution in [0.15, 0.2) is 48.7 Å². The molecule has 0 saturated heterocycles. The number of carboxylic acids is 1. The molecule has 3 aromatic rings. The number of halogens is 4. The van der Waals surface area contributed by atoms with E-state index in [1.165, 1.54) is 0 Å². The van der Waals surface area contributed by atoms with Crippen molar-refractivity contribution in [3.8, 4) is 22.5 Å². The molecule has 1 aliphatic rings. The number of carbonyl (C=O) groups is 2. The molecule has 0 radical (unpaired) electrons. The Labute approximate surface area is 173 Å². The molecule has 1 amide bonds. The standard InChI is InChI=1S/C18H14ClN3O.C2HF3O2/c19-13-3-1-11(2-4-13)16-9-12(5-7-20-16)17-10-14-15(22-17)6-8-21-18(14)23;3-2(4,5)1(6)7/h1-5,7,9-10,22H,6,8H2,(H,21,23);(H,6,7). The second kappa shape index (κ2) is 8.58. The molecule has 1 aromatic carbocycles. The minimum absolute atomic E-state index is 0.0132. The SMILES string of the molecule is O=C(O)C(F)(F)F.O=C1NCCc2[nH]c(-c3ccnc(-c4ccc(Cl)cc4)c3)cc21. The Kier molecular flexibility index (Phi) is 6.12. The number of carboxylic acid groups (broad SMARTS) is 1. The summed E-state index contributed by atoms with van der Waals surface area (Å²) in [5.41, 5.74) is 5.54. The average Bonchev–Trinajstić information content (AvgIpc) is 3.14. The summed E-state index contributed by atoms with van der Waals surface area (Å²) in [7, 11) is 0. The van der Waals surface area contributed by atoms with Gasteiger partial charge in [0.25, 0.3) is 5.91 Å². The van der Waals surface area contributed by atoms with Gasteiger partial charge in [0.1, 0.15) is 0 Å². The monoisotopic (exact) mass is 437 g/mol. The summed E-state index contributed by atoms with van der Waals surface area (Å²) < 4.78 is 31.7. The van der Waals surface area contributed by atoms with Gasteiger partial charge in [-0.2, -0.15) is 13.2 Å². The molecule has 0 bridgehead atoms. The molecule has 0 fully saturated rings. The molecule has 0 atom stereocenters. The molecule has 2 aromatic heterocycles. The Morgan fingerprint density at radius 1 is 1.10 bits per heavy atom. The summed E-state index contributed by atoms with van der Waals surface area (Å²) in [6.45, 7) is 0.679. The number of carbonyl (C=O) groups excluding carboxylic acids is 1. The number of aromatic amines is 1. The Balaban J connectivity index is 0.000000318. The number of H-pyrrole nitrogens is 1. The fraction of sp³-hybridized carbons (Fsp3) is 0.150. The zero-order valence-electron chi connectivity index (χ0n) is 15.3. The first-order valence-corrected chi connectivity index (χ1v) is 9.05. The molecular weight excluding hydrogens is 423 g/mol. The molecular formula is C20H15ClF3N3O3. The van der Waals surface area contributed by atoms with Crippen molar-refractivity contribution in [1.82, 2.24) is 15.3 Å². The molecule has 0 aliphatic carbocycles. The van der Waals surface area contributed by atoms with Crippen LogP contribution >= 0.6 is 11.6 Å². The zero-order valence-corrected chi connectivity index (χ0v) is 16.0. The minimum atomic E-state index is -5.08. The van der Waals surface area contributed by atoms with Gasteiger partial charge in [0, 0.05) is 46.7 Å². The van der Waals surface area contributed by atoms with E-state index in [0.29, 0.717) is 11.6 Å². The Morgan fingerprint density at radius 2 is 1.77 bits per heavy atom. The number of pyridine rings is 1. The number of hydrogen-bond acceptors (Lipinski definition) is 3. The molecule has 30 heavy (non-hydrogen) atoms. The van der Waals surface area contributed by atoms with Gasteiger partial charge in [-0.15, -0.1) is 0 Å². The second-order valence-corrected chi connectivity index (χ2v) is 6.76. The van der Waals surface area contributed by atoms with Gasteiger partial charge in [-0.05, 0) is 30.3 Å². The predicted molar refractivity (Wildman–Crippen MR) is 104 cm³/mol. The third kappa shape index (κ3) is 4.98. The fourth-order valence-electron chi connectivity index (χ4n) is 2.83. The number of aliphatic carboxylic acids is 1. The van der Waals surface area contributed by atoms with Crippen molar-refractivity contribution in [2.24, 2.45) is 0 Å². The third-order valence-electron chi connectivity index (χ3n) is 4.26. The first-order valence-electron chi connectivity index (χ1n) is 8.67. The van der Waals surface area contributed by atoms with Gasteiger partial charge in [-0.3, -0.25) is 9.78 Å². The lowest BCUT2D eigenvalue weighted by atomic mass is 10.1. The number of nitrogens with zero attached hydrogens (tertiary/aromatic N) is 1. The summed E-state index contributed by atoms with van der Waals surface area (Å²) in [6.07, 6.45) is -2.48. The van der Waals surface area contributed by atoms with E-state index in [9.17, 15) is 18.0 Å². The van der Waals surface area contributed by atoms with E-state index < -0.39 is 12.1 Å². The number of benzene rings is 1. The maximum Gasteiger partial charge on any atom is 0.490 e. The quantitative estimate of drug-likeness (QED) is 0.556. The zero-order chi connectivity index (χ0) is 21.9. The summed E-state index contributed by atoms with van der Waals surface area (Å²) >= 11 is 5.93. The maximum absolute atomic E-state index is 11.9. The molecule has 156 valence electrons. The van der Waals surface area contributed by atoms with Crippen LogP contribution in [-0.4, -0.2) is 39.7 Å². The first-order chi connectivity index (χ1) is 14.1. The van der Waals surface area contributed by atoms with E-state index in [2.05, 4.69) is 15.3 Å². The van der Waals surface area contributed by atoms with Crippen molar-refractivity contribution >= 4 is 23.5 Å². The van der Waals surface area contributed by atoms with E-state index in [0.717, 1.165) is 40.2 Å². The molecule has 3 heterocycles. The maximum atomic E-state index is 11.9. The van der Waals surface area contributed by atoms with E-state index in [-0.39, 0.29) is 5.91 Å². The Morgan fingerprint density at radius 3 is 2.37 bits per heavy atom. The highest BCUT2D eigenvalue weighted by Gasteiger charge is 2.38. The number of nitrogens with one attached hydrogen (secondary N) is 2. The first kappa shape index (κ1) is 21.4. The fourth-order valence-corrected chi connectivity index (χ4v) is 2.95. The Hall–Kier alpha value is -3.33. The third-order valence-corrected chi connectivity index (χ3v) is 4.51. The molecule has 10 heteroatoms. The van der Waals surface area contributed by atoms with E-state index in [1.54, 1.807) is 6.20 Å². The lowest BCUT2D eigenvalue weighted by molar-refractivity contribution is -0.192. The number of rotatable bonds is 2. The van der Waals surface area contributed by atoms with Crippen LogP contribution in [0.1, 0.15) is 16.1 Å². The Bertz CT molecular complexity index is 1080. The largest absolute Gasteiger partial charge is 0.490 e. The topological polar surface area (TPSA) is 95.1 Å². The highest BCUT2D eigenvalue weighted by molar-refractivity contribution is 6.30. The van der Waals surface area contributed by atoms with Crippen LogP contribution in [0.2, 0.25) is 5.02 Å². The van der Waals surface area contributed by atoms with Crippen LogP contribution in [0.25, 0.3) is 22.5 Å². The van der Waals surface area contributed by atoms with Crippen molar-refractivity contribution in [1.29, 1.82) is 0 Å². The molecule has 0 spiro atoms. The van der Waals surface area contributed by atoms with Gasteiger partial charge in [-0.1, -0.05) is 23.7 Å². The second-order valence-electron chi connectivity index (χ2n) is 6.32. The summed E-state index contributed by atoms with van der Waals surface area (Å²) in [5, 5.41) is 10.7. The van der Waals surface area contributed by atoms with Crippen molar-refractivity contribution in [3.63, 3.8) is 0 Å². The summed E-state index contributed by atoms with van der Waals surface area (Å²) in [6, 6.07) is 13.5. The predicted octanol–water partition coefficient (Wildman–Crippen LogP) is 4.32. The number of aromatic nitrogens is 2. The highest BCUT2D eigenvalue weighted by atomic mass is 35.5. The van der Waals surface area contributed by atoms with Crippen LogP contribution in [-0.2, 0) is 11.2 Å². The highest BCUT2D eigenvalue weighted by Crippen LogP contribution is 2.27. The smallest absolute Gasteiger partial charge is 0.475 e. The van der Waals surface area contributed by atoms with Crippen LogP contribution < -0.4 is 5.32 Å². The molecule has 6 nitrogen and oxygen atoms in total. The van der Waals surface area contributed by atoms with Gasteiger partial charge < -0.3 is 15.4 Å². The van der Waals surface area contributed by atoms with Crippen LogP contribution in [0.4, 0.5) is 13.2 Å². The number of hydrogen-bond donors (Lipinski definition) is 3. The lowest BCUT2D eigenvalue weighted by Gasteiger charge is -2.10. The normalized spacial score (nSPS) is 13.0. The summed E-state index contributed by atoms with van der Waals surface area (Å²) in [5.74, 6) is -2.77. The van der Waals surface area contributed by atoms with Crippen molar-refractivity contribution in [2.75, 3.05) is 6.54 Å². The van der Waals surface area contributed by atoms with E-state index in [1.807, 2.05) is 42.5 Å². The summed E-state index contributed by atoms with van der Waals surface area (Å²) in [4.78, 5) is 28.6.